The van der Waals surface area contributed by atoms with Crippen molar-refractivity contribution in [1.29, 1.82) is 0 Å². The molecule has 1 unspecified atom stereocenters. The topological polar surface area (TPSA) is 50.8 Å². The van der Waals surface area contributed by atoms with Crippen LogP contribution < -0.4 is 10.1 Å². The van der Waals surface area contributed by atoms with Crippen molar-refractivity contribution in [2.75, 3.05) is 31.7 Å². The van der Waals surface area contributed by atoms with Crippen LogP contribution in [0.1, 0.15) is 42.4 Å². The molecule has 0 radical (unpaired) electrons. The third-order valence-corrected chi connectivity index (χ3v) is 4.38. The summed E-state index contributed by atoms with van der Waals surface area (Å²) >= 11 is 0. The predicted octanol–water partition coefficient (Wildman–Crippen LogP) is 4.08. The van der Waals surface area contributed by atoms with E-state index in [1.54, 1.807) is 0 Å². The molecule has 26 heavy (non-hydrogen) atoms. The Labute approximate surface area is 154 Å². The monoisotopic (exact) mass is 354 g/mol. The van der Waals surface area contributed by atoms with Gasteiger partial charge in [-0.2, -0.15) is 0 Å². The molecule has 2 aromatic carbocycles. The van der Waals surface area contributed by atoms with Gasteiger partial charge in [0, 0.05) is 18.8 Å². The van der Waals surface area contributed by atoms with E-state index >= 15 is 0 Å². The largest absolute Gasteiger partial charge is 0.491 e. The molecule has 5 heteroatoms. The molecule has 1 atom stereocenters. The van der Waals surface area contributed by atoms with Gasteiger partial charge in [-0.15, -0.1) is 0 Å². The fourth-order valence-corrected chi connectivity index (χ4v) is 3.14. The van der Waals surface area contributed by atoms with Crippen LogP contribution in [-0.4, -0.2) is 37.2 Å². The van der Waals surface area contributed by atoms with E-state index in [0.717, 1.165) is 29.0 Å². The zero-order valence-electron chi connectivity index (χ0n) is 15.4. The lowest BCUT2D eigenvalue weighted by molar-refractivity contribution is 0.0683. The summed E-state index contributed by atoms with van der Waals surface area (Å²) in [6.07, 6.45) is 0.736. The van der Waals surface area contributed by atoms with E-state index in [-0.39, 0.29) is 12.1 Å². The van der Waals surface area contributed by atoms with Gasteiger partial charge in [-0.25, -0.2) is 0 Å². The van der Waals surface area contributed by atoms with Crippen molar-refractivity contribution in [3.8, 4) is 5.75 Å². The van der Waals surface area contributed by atoms with Crippen LogP contribution in [0.4, 0.5) is 5.69 Å². The third kappa shape index (κ3) is 3.99. The Kier molecular flexibility index (Phi) is 6.12. The number of para-hydroxylation sites is 1. The van der Waals surface area contributed by atoms with E-state index < -0.39 is 0 Å². The summed E-state index contributed by atoms with van der Waals surface area (Å²) in [6.45, 7) is 6.56. The first-order valence-corrected chi connectivity index (χ1v) is 9.21. The third-order valence-electron chi connectivity index (χ3n) is 4.38. The SMILES string of the molecule is CCCN1C(=O)c2ccccc2NC1c1ccc(OCCOCC)cc1. The van der Waals surface area contributed by atoms with Crippen molar-refractivity contribution in [1.82, 2.24) is 4.90 Å². The van der Waals surface area contributed by atoms with Crippen molar-refractivity contribution in [3.05, 3.63) is 59.7 Å². The van der Waals surface area contributed by atoms with E-state index in [4.69, 9.17) is 9.47 Å². The van der Waals surface area contributed by atoms with Crippen LogP contribution in [-0.2, 0) is 4.74 Å². The molecule has 2 aromatic rings. The highest BCUT2D eigenvalue weighted by Crippen LogP contribution is 2.33. The number of hydrogen-bond donors (Lipinski definition) is 1. The Morgan fingerprint density at radius 3 is 2.54 bits per heavy atom. The molecule has 0 spiro atoms. The molecule has 1 N–H and O–H groups in total. The summed E-state index contributed by atoms with van der Waals surface area (Å²) in [5.74, 6) is 0.876. The van der Waals surface area contributed by atoms with Crippen molar-refractivity contribution in [2.24, 2.45) is 0 Å². The van der Waals surface area contributed by atoms with Gasteiger partial charge in [0.15, 0.2) is 0 Å². The van der Waals surface area contributed by atoms with Crippen molar-refractivity contribution < 1.29 is 14.3 Å². The number of anilines is 1. The molecule has 3 rings (SSSR count). The molecule has 138 valence electrons. The predicted molar refractivity (Wildman–Crippen MR) is 103 cm³/mol. The van der Waals surface area contributed by atoms with E-state index in [9.17, 15) is 4.79 Å². The smallest absolute Gasteiger partial charge is 0.257 e. The highest BCUT2D eigenvalue weighted by Gasteiger charge is 2.31. The average Bonchev–Trinajstić information content (AvgIpc) is 2.68. The molecule has 0 aliphatic carbocycles. The second-order valence-electron chi connectivity index (χ2n) is 6.21. The minimum absolute atomic E-state index is 0.0724. The van der Waals surface area contributed by atoms with Gasteiger partial charge < -0.3 is 19.7 Å². The van der Waals surface area contributed by atoms with Gasteiger partial charge in [-0.3, -0.25) is 4.79 Å². The first-order chi connectivity index (χ1) is 12.7. The number of ether oxygens (including phenoxy) is 2. The van der Waals surface area contributed by atoms with Gasteiger partial charge in [0.1, 0.15) is 18.5 Å². The maximum atomic E-state index is 12.9. The molecule has 5 nitrogen and oxygen atoms in total. The molecule has 1 heterocycles. The Morgan fingerprint density at radius 2 is 1.81 bits per heavy atom. The Balaban J connectivity index is 1.77. The summed E-state index contributed by atoms with van der Waals surface area (Å²) in [5.41, 5.74) is 2.65. The number of fused-ring (bicyclic) bond motifs is 1. The first kappa shape index (κ1) is 18.3. The molecular weight excluding hydrogens is 328 g/mol. The second-order valence-corrected chi connectivity index (χ2v) is 6.21. The number of nitrogens with one attached hydrogen (secondary N) is 1. The molecule has 1 amide bonds. The quantitative estimate of drug-likeness (QED) is 0.726. The normalized spacial score (nSPS) is 16.2. The number of carbonyl (C=O) groups excluding carboxylic acids is 1. The number of hydrogen-bond acceptors (Lipinski definition) is 4. The number of amides is 1. The Hall–Kier alpha value is -2.53. The molecule has 0 saturated heterocycles. The molecule has 0 saturated carbocycles. The molecule has 1 aliphatic heterocycles. The Bertz CT molecular complexity index is 730. The minimum Gasteiger partial charge on any atom is -0.491 e. The van der Waals surface area contributed by atoms with Crippen molar-refractivity contribution in [2.45, 2.75) is 26.4 Å². The number of benzene rings is 2. The summed E-state index contributed by atoms with van der Waals surface area (Å²) in [7, 11) is 0. The van der Waals surface area contributed by atoms with Gasteiger partial charge in [0.25, 0.3) is 5.91 Å². The van der Waals surface area contributed by atoms with Gasteiger partial charge in [0.05, 0.1) is 12.2 Å². The van der Waals surface area contributed by atoms with E-state index in [1.807, 2.05) is 60.4 Å². The van der Waals surface area contributed by atoms with Gasteiger partial charge in [0.2, 0.25) is 0 Å². The summed E-state index contributed by atoms with van der Waals surface area (Å²) in [5, 5.41) is 3.50. The zero-order valence-corrected chi connectivity index (χ0v) is 15.4. The van der Waals surface area contributed by atoms with Crippen LogP contribution in [0.2, 0.25) is 0 Å². The van der Waals surface area contributed by atoms with Gasteiger partial charge >= 0.3 is 0 Å². The Morgan fingerprint density at radius 1 is 1.04 bits per heavy atom. The lowest BCUT2D eigenvalue weighted by Crippen LogP contribution is -2.43. The summed E-state index contributed by atoms with van der Waals surface area (Å²) in [6, 6.07) is 15.6. The lowest BCUT2D eigenvalue weighted by Gasteiger charge is -2.38. The first-order valence-electron chi connectivity index (χ1n) is 9.21. The van der Waals surface area contributed by atoms with Crippen LogP contribution in [0, 0.1) is 0 Å². The fraction of sp³-hybridized carbons (Fsp3) is 0.381. The van der Waals surface area contributed by atoms with Gasteiger partial charge in [-0.05, 0) is 43.2 Å². The maximum absolute atomic E-state index is 12.9. The summed E-state index contributed by atoms with van der Waals surface area (Å²) < 4.78 is 11.0. The average molecular weight is 354 g/mol. The van der Waals surface area contributed by atoms with E-state index in [0.29, 0.717) is 26.4 Å². The van der Waals surface area contributed by atoms with Gasteiger partial charge in [-0.1, -0.05) is 31.2 Å². The fourth-order valence-electron chi connectivity index (χ4n) is 3.14. The van der Waals surface area contributed by atoms with E-state index in [2.05, 4.69) is 12.2 Å². The van der Waals surface area contributed by atoms with Crippen LogP contribution in [0.3, 0.4) is 0 Å². The molecule has 0 bridgehead atoms. The summed E-state index contributed by atoms with van der Waals surface area (Å²) in [4.78, 5) is 14.8. The van der Waals surface area contributed by atoms with Crippen molar-refractivity contribution >= 4 is 11.6 Å². The zero-order chi connectivity index (χ0) is 18.4. The number of rotatable bonds is 8. The highest BCUT2D eigenvalue weighted by molar-refractivity contribution is 6.01. The number of nitrogens with zero attached hydrogens (tertiary/aromatic N) is 1. The molecular formula is C21H26N2O3. The van der Waals surface area contributed by atoms with Crippen LogP contribution in [0.15, 0.2) is 48.5 Å². The minimum atomic E-state index is -0.171. The van der Waals surface area contributed by atoms with E-state index in [1.165, 1.54) is 0 Å². The van der Waals surface area contributed by atoms with Crippen LogP contribution in [0.5, 0.6) is 5.75 Å². The molecule has 0 fully saturated rings. The van der Waals surface area contributed by atoms with Crippen molar-refractivity contribution in [3.63, 3.8) is 0 Å². The number of carbonyl (C=O) groups is 1. The van der Waals surface area contributed by atoms with Crippen LogP contribution >= 0.6 is 0 Å². The van der Waals surface area contributed by atoms with Crippen LogP contribution in [0.25, 0.3) is 0 Å². The molecule has 1 aliphatic rings. The standard InChI is InChI=1S/C21H26N2O3/c1-3-13-23-20(22-19-8-6-5-7-18(19)21(23)24)16-9-11-17(12-10-16)26-15-14-25-4-2/h5-12,20,22H,3-4,13-15H2,1-2H3. The highest BCUT2D eigenvalue weighted by atomic mass is 16.5. The molecule has 0 aromatic heterocycles. The maximum Gasteiger partial charge on any atom is 0.257 e. The lowest BCUT2D eigenvalue weighted by atomic mass is 10.0. The second kappa shape index (κ2) is 8.72.